The molecule has 5 nitrogen and oxygen atoms in total. The number of anilines is 2. The van der Waals surface area contributed by atoms with E-state index in [1.807, 2.05) is 38.1 Å². The number of nitrogens with one attached hydrogen (secondary N) is 1. The standard InChI is InChI=1S/C25H24F3N3O2/c1-16-14-31(15-17(2)33-16)23-11-6-19-13-21(9-10-22(19)30-23)29-24(32)12-5-18-3-7-20(8-4-18)25(26,27)28/h3-13,16-17H,14-15H2,1-2H3,(H,29,32)/b12-5+/t16-,17+. The molecular weight excluding hydrogens is 431 g/mol. The molecule has 8 heteroatoms. The monoisotopic (exact) mass is 455 g/mol. The molecule has 1 amide bonds. The van der Waals surface area contributed by atoms with Crippen molar-refractivity contribution in [2.45, 2.75) is 32.2 Å². The van der Waals surface area contributed by atoms with Crippen molar-refractivity contribution in [1.82, 2.24) is 4.98 Å². The van der Waals surface area contributed by atoms with Gasteiger partial charge in [0.15, 0.2) is 0 Å². The number of rotatable bonds is 4. The largest absolute Gasteiger partial charge is 0.416 e. The lowest BCUT2D eigenvalue weighted by Gasteiger charge is -2.36. The van der Waals surface area contributed by atoms with Gasteiger partial charge in [-0.3, -0.25) is 4.79 Å². The zero-order chi connectivity index (χ0) is 23.6. The van der Waals surface area contributed by atoms with Crippen LogP contribution in [0.3, 0.4) is 0 Å². The fourth-order valence-electron chi connectivity index (χ4n) is 3.87. The number of morpholine rings is 1. The quantitative estimate of drug-likeness (QED) is 0.527. The third-order valence-corrected chi connectivity index (χ3v) is 5.35. The van der Waals surface area contributed by atoms with E-state index in [0.717, 1.165) is 41.9 Å². The summed E-state index contributed by atoms with van der Waals surface area (Å²) in [5.41, 5.74) is 1.19. The smallest absolute Gasteiger partial charge is 0.372 e. The van der Waals surface area contributed by atoms with Crippen molar-refractivity contribution in [3.63, 3.8) is 0 Å². The van der Waals surface area contributed by atoms with Crippen LogP contribution in [-0.4, -0.2) is 36.2 Å². The minimum atomic E-state index is -4.38. The molecule has 2 aromatic carbocycles. The number of hydrogen-bond acceptors (Lipinski definition) is 4. The van der Waals surface area contributed by atoms with E-state index in [1.54, 1.807) is 6.07 Å². The van der Waals surface area contributed by atoms with Gasteiger partial charge >= 0.3 is 6.18 Å². The molecule has 0 unspecified atom stereocenters. The molecular formula is C25H24F3N3O2. The fourth-order valence-corrected chi connectivity index (χ4v) is 3.87. The Kier molecular flexibility index (Phi) is 6.37. The molecule has 1 fully saturated rings. The Morgan fingerprint density at radius 2 is 1.76 bits per heavy atom. The van der Waals surface area contributed by atoms with E-state index < -0.39 is 11.7 Å². The highest BCUT2D eigenvalue weighted by Gasteiger charge is 2.29. The number of nitrogens with zero attached hydrogens (tertiary/aromatic N) is 2. The SMILES string of the molecule is C[C@@H]1CN(c2ccc3cc(NC(=O)/C=C/c4ccc(C(F)(F)F)cc4)ccc3n2)C[C@H](C)O1. The van der Waals surface area contributed by atoms with Crippen LogP contribution in [0.4, 0.5) is 24.7 Å². The van der Waals surface area contributed by atoms with Gasteiger partial charge < -0.3 is 15.0 Å². The molecule has 1 saturated heterocycles. The number of alkyl halides is 3. The summed E-state index contributed by atoms with van der Waals surface area (Å²) in [6.07, 6.45) is -1.35. The normalized spacial score (nSPS) is 19.2. The van der Waals surface area contributed by atoms with E-state index >= 15 is 0 Å². The number of fused-ring (bicyclic) bond motifs is 1. The summed E-state index contributed by atoms with van der Waals surface area (Å²) in [7, 11) is 0. The lowest BCUT2D eigenvalue weighted by molar-refractivity contribution is -0.137. The number of ether oxygens (including phenoxy) is 1. The molecule has 33 heavy (non-hydrogen) atoms. The third kappa shape index (κ3) is 5.70. The summed E-state index contributed by atoms with van der Waals surface area (Å²) in [4.78, 5) is 19.2. The van der Waals surface area contributed by atoms with Crippen LogP contribution in [0.15, 0.2) is 60.7 Å². The number of pyridine rings is 1. The maximum atomic E-state index is 12.6. The fraction of sp³-hybridized carbons (Fsp3) is 0.280. The van der Waals surface area contributed by atoms with E-state index in [9.17, 15) is 18.0 Å². The first-order valence-corrected chi connectivity index (χ1v) is 10.6. The molecule has 0 saturated carbocycles. The Balaban J connectivity index is 1.42. The van der Waals surface area contributed by atoms with Crippen molar-refractivity contribution in [2.75, 3.05) is 23.3 Å². The van der Waals surface area contributed by atoms with Gasteiger partial charge in [0.25, 0.3) is 0 Å². The third-order valence-electron chi connectivity index (χ3n) is 5.35. The summed E-state index contributed by atoms with van der Waals surface area (Å²) < 4.78 is 43.7. The minimum Gasteiger partial charge on any atom is -0.372 e. The Labute approximate surface area is 189 Å². The van der Waals surface area contributed by atoms with Crippen molar-refractivity contribution in [2.24, 2.45) is 0 Å². The molecule has 1 aliphatic rings. The molecule has 0 aliphatic carbocycles. The van der Waals surface area contributed by atoms with Gasteiger partial charge in [-0.25, -0.2) is 4.98 Å². The topological polar surface area (TPSA) is 54.5 Å². The van der Waals surface area contributed by atoms with Crippen LogP contribution in [0, 0.1) is 0 Å². The highest BCUT2D eigenvalue weighted by Crippen LogP contribution is 2.29. The van der Waals surface area contributed by atoms with Crippen LogP contribution in [0.25, 0.3) is 17.0 Å². The number of carbonyl (C=O) groups excluding carboxylic acids is 1. The van der Waals surface area contributed by atoms with Crippen molar-refractivity contribution in [1.29, 1.82) is 0 Å². The van der Waals surface area contributed by atoms with Gasteiger partial charge in [0, 0.05) is 30.2 Å². The van der Waals surface area contributed by atoms with Crippen LogP contribution >= 0.6 is 0 Å². The lowest BCUT2D eigenvalue weighted by atomic mass is 10.1. The average molecular weight is 455 g/mol. The van der Waals surface area contributed by atoms with E-state index in [-0.39, 0.29) is 18.1 Å². The summed E-state index contributed by atoms with van der Waals surface area (Å²) in [5, 5.41) is 3.66. The number of halogens is 3. The number of hydrogen-bond donors (Lipinski definition) is 1. The Morgan fingerprint density at radius 3 is 2.42 bits per heavy atom. The summed E-state index contributed by atoms with van der Waals surface area (Å²) in [6, 6.07) is 14.0. The zero-order valence-corrected chi connectivity index (χ0v) is 18.3. The predicted octanol–water partition coefficient (Wildman–Crippen LogP) is 5.52. The second-order valence-corrected chi connectivity index (χ2v) is 8.18. The van der Waals surface area contributed by atoms with E-state index in [1.165, 1.54) is 24.3 Å². The van der Waals surface area contributed by atoms with E-state index in [2.05, 4.69) is 10.2 Å². The van der Waals surface area contributed by atoms with Crippen molar-refractivity contribution < 1.29 is 22.7 Å². The van der Waals surface area contributed by atoms with Crippen LogP contribution in [0.5, 0.6) is 0 Å². The number of amides is 1. The molecule has 0 spiro atoms. The minimum absolute atomic E-state index is 0.138. The second-order valence-electron chi connectivity index (χ2n) is 8.18. The van der Waals surface area contributed by atoms with Crippen molar-refractivity contribution in [3.8, 4) is 0 Å². The molecule has 4 rings (SSSR count). The zero-order valence-electron chi connectivity index (χ0n) is 18.3. The van der Waals surface area contributed by atoms with Gasteiger partial charge in [0.05, 0.1) is 23.3 Å². The average Bonchev–Trinajstić information content (AvgIpc) is 2.76. The van der Waals surface area contributed by atoms with E-state index in [0.29, 0.717) is 11.3 Å². The molecule has 2 atom stereocenters. The first kappa shape index (κ1) is 22.8. The number of benzene rings is 2. The van der Waals surface area contributed by atoms with Crippen LogP contribution in [0.2, 0.25) is 0 Å². The van der Waals surface area contributed by atoms with Gasteiger partial charge in [-0.05, 0) is 68.0 Å². The Hall–Kier alpha value is -3.39. The number of aromatic nitrogens is 1. The van der Waals surface area contributed by atoms with Crippen LogP contribution in [0.1, 0.15) is 25.0 Å². The molecule has 0 radical (unpaired) electrons. The summed E-state index contributed by atoms with van der Waals surface area (Å²) in [6.45, 7) is 5.65. The Morgan fingerprint density at radius 1 is 1.06 bits per heavy atom. The maximum Gasteiger partial charge on any atom is 0.416 e. The van der Waals surface area contributed by atoms with Gasteiger partial charge in [-0.15, -0.1) is 0 Å². The van der Waals surface area contributed by atoms with Crippen LogP contribution < -0.4 is 10.2 Å². The Bertz CT molecular complexity index is 1170. The molecule has 1 N–H and O–H groups in total. The maximum absolute atomic E-state index is 12.6. The molecule has 1 aliphatic heterocycles. The highest BCUT2D eigenvalue weighted by atomic mass is 19.4. The van der Waals surface area contributed by atoms with Gasteiger partial charge in [-0.2, -0.15) is 13.2 Å². The van der Waals surface area contributed by atoms with Crippen molar-refractivity contribution >= 4 is 34.4 Å². The molecule has 172 valence electrons. The van der Waals surface area contributed by atoms with Gasteiger partial charge in [0.1, 0.15) is 5.82 Å². The molecule has 1 aromatic heterocycles. The van der Waals surface area contributed by atoms with Gasteiger partial charge in [-0.1, -0.05) is 12.1 Å². The molecule has 2 heterocycles. The first-order chi connectivity index (χ1) is 15.7. The molecule has 0 bridgehead atoms. The second kappa shape index (κ2) is 9.23. The highest BCUT2D eigenvalue weighted by molar-refractivity contribution is 6.03. The van der Waals surface area contributed by atoms with Crippen molar-refractivity contribution in [3.05, 3.63) is 71.8 Å². The van der Waals surface area contributed by atoms with E-state index in [4.69, 9.17) is 9.72 Å². The van der Waals surface area contributed by atoms with Crippen LogP contribution in [-0.2, 0) is 15.7 Å². The number of carbonyl (C=O) groups is 1. The predicted molar refractivity (Wildman–Crippen MR) is 123 cm³/mol. The first-order valence-electron chi connectivity index (χ1n) is 10.6. The molecule has 3 aromatic rings. The lowest BCUT2D eigenvalue weighted by Crippen LogP contribution is -2.45. The summed E-state index contributed by atoms with van der Waals surface area (Å²) >= 11 is 0. The summed E-state index contributed by atoms with van der Waals surface area (Å²) in [5.74, 6) is 0.510. The van der Waals surface area contributed by atoms with Gasteiger partial charge in [0.2, 0.25) is 5.91 Å².